The molecule has 3 rings (SSSR count). The molecule has 0 spiro atoms. The number of aromatic nitrogens is 1. The quantitative estimate of drug-likeness (QED) is 0.799. The Balaban J connectivity index is 1.92. The number of hydrogen-bond donors (Lipinski definition) is 0. The van der Waals surface area contributed by atoms with Crippen LogP contribution < -0.4 is 4.90 Å². The molecule has 0 radical (unpaired) electrons. The number of thiophene rings is 1. The second kappa shape index (κ2) is 4.49. The summed E-state index contributed by atoms with van der Waals surface area (Å²) in [7, 11) is 0. The van der Waals surface area contributed by atoms with Gasteiger partial charge in [0.05, 0.1) is 6.04 Å². The van der Waals surface area contributed by atoms with Crippen molar-refractivity contribution in [1.29, 1.82) is 0 Å². The lowest BCUT2D eigenvalue weighted by molar-refractivity contribution is 0.724. The number of rotatable bonds is 2. The summed E-state index contributed by atoms with van der Waals surface area (Å²) in [6.07, 6.45) is 2.51. The van der Waals surface area contributed by atoms with Gasteiger partial charge in [-0.3, -0.25) is 0 Å². The fraction of sp³-hybridized carbons (Fsp3) is 0.357. The molecule has 1 fully saturated rings. The van der Waals surface area contributed by atoms with Crippen LogP contribution in [0, 0.1) is 6.92 Å². The largest absolute Gasteiger partial charge is 0.349 e. The molecule has 88 valence electrons. The standard InChI is InChI=1S/C14H16N2S/c1-11-5-2-8-14(15-11)16-9-3-6-12(16)13-7-4-10-17-13/h2,4-5,7-8,10,12H,3,6,9H2,1H3. The van der Waals surface area contributed by atoms with Crippen molar-refractivity contribution < 1.29 is 0 Å². The van der Waals surface area contributed by atoms with E-state index in [-0.39, 0.29) is 0 Å². The van der Waals surface area contributed by atoms with E-state index in [1.807, 2.05) is 11.3 Å². The normalized spacial score (nSPS) is 19.8. The molecular weight excluding hydrogens is 228 g/mol. The first-order valence-electron chi connectivity index (χ1n) is 6.08. The Morgan fingerprint density at radius 2 is 2.24 bits per heavy atom. The molecule has 0 N–H and O–H groups in total. The molecule has 2 nitrogen and oxygen atoms in total. The van der Waals surface area contributed by atoms with Crippen LogP contribution in [0.25, 0.3) is 0 Å². The first-order chi connectivity index (χ1) is 8.34. The minimum Gasteiger partial charge on any atom is -0.349 e. The van der Waals surface area contributed by atoms with Crippen molar-refractivity contribution in [2.24, 2.45) is 0 Å². The van der Waals surface area contributed by atoms with E-state index in [9.17, 15) is 0 Å². The van der Waals surface area contributed by atoms with Gasteiger partial charge < -0.3 is 4.90 Å². The van der Waals surface area contributed by atoms with Gasteiger partial charge in [-0.1, -0.05) is 12.1 Å². The molecule has 1 aliphatic rings. The van der Waals surface area contributed by atoms with E-state index in [0.717, 1.165) is 18.1 Å². The number of pyridine rings is 1. The summed E-state index contributed by atoms with van der Waals surface area (Å²) < 4.78 is 0. The van der Waals surface area contributed by atoms with E-state index < -0.39 is 0 Å². The molecule has 0 aromatic carbocycles. The average Bonchev–Trinajstić information content (AvgIpc) is 3.00. The molecule has 0 bridgehead atoms. The number of aryl methyl sites for hydroxylation is 1. The number of hydrogen-bond acceptors (Lipinski definition) is 3. The molecule has 2 aromatic rings. The van der Waals surface area contributed by atoms with Crippen LogP contribution in [-0.4, -0.2) is 11.5 Å². The summed E-state index contributed by atoms with van der Waals surface area (Å²) >= 11 is 1.85. The van der Waals surface area contributed by atoms with Gasteiger partial charge in [0.25, 0.3) is 0 Å². The minimum atomic E-state index is 0.532. The van der Waals surface area contributed by atoms with Crippen LogP contribution in [-0.2, 0) is 0 Å². The molecule has 1 atom stereocenters. The summed E-state index contributed by atoms with van der Waals surface area (Å²) in [5.41, 5.74) is 1.10. The SMILES string of the molecule is Cc1cccc(N2CCCC2c2cccs2)n1. The zero-order chi connectivity index (χ0) is 11.7. The third kappa shape index (κ3) is 2.07. The first-order valence-corrected chi connectivity index (χ1v) is 6.96. The predicted molar refractivity (Wildman–Crippen MR) is 72.6 cm³/mol. The van der Waals surface area contributed by atoms with Crippen LogP contribution >= 0.6 is 11.3 Å². The van der Waals surface area contributed by atoms with Crippen LogP contribution in [0.3, 0.4) is 0 Å². The minimum absolute atomic E-state index is 0.532. The number of anilines is 1. The van der Waals surface area contributed by atoms with Gasteiger partial charge in [0.15, 0.2) is 0 Å². The van der Waals surface area contributed by atoms with Gasteiger partial charge in [0.2, 0.25) is 0 Å². The third-order valence-corrected chi connectivity index (χ3v) is 4.27. The van der Waals surface area contributed by atoms with E-state index >= 15 is 0 Å². The zero-order valence-corrected chi connectivity index (χ0v) is 10.8. The van der Waals surface area contributed by atoms with Crippen molar-refractivity contribution >= 4 is 17.2 Å². The highest BCUT2D eigenvalue weighted by atomic mass is 32.1. The van der Waals surface area contributed by atoms with Gasteiger partial charge in [-0.2, -0.15) is 0 Å². The molecule has 1 unspecified atom stereocenters. The van der Waals surface area contributed by atoms with Crippen molar-refractivity contribution in [3.8, 4) is 0 Å². The average molecular weight is 244 g/mol. The molecule has 0 saturated carbocycles. The van der Waals surface area contributed by atoms with E-state index in [2.05, 4.69) is 52.5 Å². The monoisotopic (exact) mass is 244 g/mol. The molecule has 17 heavy (non-hydrogen) atoms. The lowest BCUT2D eigenvalue weighted by atomic mass is 10.2. The summed E-state index contributed by atoms with van der Waals surface area (Å²) in [5.74, 6) is 1.13. The topological polar surface area (TPSA) is 16.1 Å². The predicted octanol–water partition coefficient (Wildman–Crippen LogP) is 3.79. The van der Waals surface area contributed by atoms with Crippen LogP contribution in [0.2, 0.25) is 0 Å². The zero-order valence-electron chi connectivity index (χ0n) is 9.97. The highest BCUT2D eigenvalue weighted by molar-refractivity contribution is 7.10. The van der Waals surface area contributed by atoms with Gasteiger partial charge in [0.1, 0.15) is 5.82 Å². The highest BCUT2D eigenvalue weighted by Crippen LogP contribution is 2.37. The second-order valence-corrected chi connectivity index (χ2v) is 5.48. The Morgan fingerprint density at radius 3 is 3.00 bits per heavy atom. The van der Waals surface area contributed by atoms with E-state index in [0.29, 0.717) is 6.04 Å². The fourth-order valence-electron chi connectivity index (χ4n) is 2.51. The molecule has 0 aliphatic carbocycles. The highest BCUT2D eigenvalue weighted by Gasteiger charge is 2.27. The lowest BCUT2D eigenvalue weighted by Crippen LogP contribution is -2.22. The summed E-state index contributed by atoms with van der Waals surface area (Å²) in [6, 6.07) is 11.2. The molecule has 1 saturated heterocycles. The van der Waals surface area contributed by atoms with Crippen molar-refractivity contribution in [3.63, 3.8) is 0 Å². The molecular formula is C14H16N2S. The van der Waals surface area contributed by atoms with Crippen molar-refractivity contribution in [3.05, 3.63) is 46.3 Å². The van der Waals surface area contributed by atoms with Gasteiger partial charge in [-0.05, 0) is 43.3 Å². The van der Waals surface area contributed by atoms with Gasteiger partial charge in [-0.15, -0.1) is 11.3 Å². The lowest BCUT2D eigenvalue weighted by Gasteiger charge is -2.25. The Labute approximate surface area is 106 Å². The van der Waals surface area contributed by atoms with Crippen molar-refractivity contribution in [1.82, 2.24) is 4.98 Å². The summed E-state index contributed by atoms with van der Waals surface area (Å²) in [4.78, 5) is 8.55. The maximum absolute atomic E-state index is 4.65. The van der Waals surface area contributed by atoms with E-state index in [1.165, 1.54) is 17.7 Å². The molecule has 2 aromatic heterocycles. The number of nitrogens with zero attached hydrogens (tertiary/aromatic N) is 2. The van der Waals surface area contributed by atoms with Crippen molar-refractivity contribution in [2.45, 2.75) is 25.8 Å². The van der Waals surface area contributed by atoms with E-state index in [4.69, 9.17) is 0 Å². The second-order valence-electron chi connectivity index (χ2n) is 4.50. The summed E-state index contributed by atoms with van der Waals surface area (Å²) in [5, 5.41) is 2.16. The van der Waals surface area contributed by atoms with Crippen LogP contribution in [0.15, 0.2) is 35.7 Å². The van der Waals surface area contributed by atoms with Gasteiger partial charge in [-0.25, -0.2) is 4.98 Å². The first kappa shape index (κ1) is 10.8. The molecule has 0 amide bonds. The molecule has 3 heterocycles. The van der Waals surface area contributed by atoms with Gasteiger partial charge >= 0.3 is 0 Å². The fourth-order valence-corrected chi connectivity index (χ4v) is 3.38. The summed E-state index contributed by atoms with van der Waals surface area (Å²) in [6.45, 7) is 3.18. The van der Waals surface area contributed by atoms with Crippen molar-refractivity contribution in [2.75, 3.05) is 11.4 Å². The molecule has 1 aliphatic heterocycles. The van der Waals surface area contributed by atoms with Gasteiger partial charge in [0, 0.05) is 17.1 Å². The smallest absolute Gasteiger partial charge is 0.129 e. The van der Waals surface area contributed by atoms with Crippen LogP contribution in [0.1, 0.15) is 29.5 Å². The Hall–Kier alpha value is -1.35. The van der Waals surface area contributed by atoms with Crippen LogP contribution in [0.4, 0.5) is 5.82 Å². The molecule has 3 heteroatoms. The van der Waals surface area contributed by atoms with E-state index in [1.54, 1.807) is 0 Å². The Morgan fingerprint density at radius 1 is 1.29 bits per heavy atom. The third-order valence-electron chi connectivity index (χ3n) is 3.29. The Kier molecular flexibility index (Phi) is 2.85. The van der Waals surface area contributed by atoms with Crippen LogP contribution in [0.5, 0.6) is 0 Å². The Bertz CT molecular complexity index is 493. The maximum Gasteiger partial charge on any atom is 0.129 e. The maximum atomic E-state index is 4.65.